The Labute approximate surface area is 142 Å². The number of epoxide rings is 1. The van der Waals surface area contributed by atoms with E-state index in [2.05, 4.69) is 40.4 Å². The third kappa shape index (κ3) is 2.17. The summed E-state index contributed by atoms with van der Waals surface area (Å²) in [5.41, 5.74) is 1.17. The van der Waals surface area contributed by atoms with Crippen molar-refractivity contribution in [3.63, 3.8) is 0 Å². The van der Waals surface area contributed by atoms with Gasteiger partial charge in [0.1, 0.15) is 5.60 Å². The lowest BCUT2D eigenvalue weighted by Gasteiger charge is -2.57. The van der Waals surface area contributed by atoms with Gasteiger partial charge >= 0.3 is 0 Å². The van der Waals surface area contributed by atoms with Crippen LogP contribution in [-0.4, -0.2) is 38.8 Å². The Morgan fingerprint density at radius 1 is 1.04 bits per heavy atom. The first-order valence-corrected chi connectivity index (χ1v) is 13.2. The van der Waals surface area contributed by atoms with Crippen LogP contribution in [0.4, 0.5) is 0 Å². The molecule has 23 heavy (non-hydrogen) atoms. The van der Waals surface area contributed by atoms with Crippen LogP contribution in [-0.2, 0) is 14.2 Å². The van der Waals surface area contributed by atoms with E-state index in [1.54, 1.807) is 0 Å². The molecule has 2 heterocycles. The largest absolute Gasteiger partial charge is 0.365 e. The summed E-state index contributed by atoms with van der Waals surface area (Å²) in [6.07, 6.45) is 5.01. The number of hydrogen-bond donors (Lipinski definition) is 0. The molecule has 5 atom stereocenters. The predicted octanol–water partition coefficient (Wildman–Crippen LogP) is 4.44. The van der Waals surface area contributed by atoms with Crippen molar-refractivity contribution in [1.29, 1.82) is 0 Å². The van der Waals surface area contributed by atoms with Gasteiger partial charge in [-0.3, -0.25) is 0 Å². The molecule has 2 aliphatic heterocycles. The highest BCUT2D eigenvalue weighted by atomic mass is 28.3. The Bertz CT molecular complexity index is 493. The molecule has 2 saturated carbocycles. The average molecular weight is 339 g/mol. The molecule has 2 aliphatic carbocycles. The van der Waals surface area contributed by atoms with E-state index in [0.29, 0.717) is 23.4 Å². The molecular weight excluding hydrogens is 304 g/mol. The fourth-order valence-corrected chi connectivity index (χ4v) is 9.66. The van der Waals surface area contributed by atoms with Crippen LogP contribution in [0.25, 0.3) is 0 Å². The third-order valence-electron chi connectivity index (χ3n) is 7.64. The van der Waals surface area contributed by atoms with Crippen LogP contribution in [0.2, 0.25) is 25.2 Å². The van der Waals surface area contributed by atoms with Crippen molar-refractivity contribution >= 4 is 8.07 Å². The van der Waals surface area contributed by atoms with Crippen molar-refractivity contribution < 1.29 is 14.2 Å². The molecule has 4 fully saturated rings. The van der Waals surface area contributed by atoms with Gasteiger partial charge in [-0.25, -0.2) is 0 Å². The Morgan fingerprint density at radius 2 is 1.70 bits per heavy atom. The monoisotopic (exact) mass is 338 g/mol. The van der Waals surface area contributed by atoms with E-state index in [1.165, 1.54) is 12.8 Å². The molecule has 0 aromatic carbocycles. The lowest BCUT2D eigenvalue weighted by Crippen LogP contribution is -2.60. The molecule has 4 aliphatic rings. The summed E-state index contributed by atoms with van der Waals surface area (Å²) >= 11 is 0. The van der Waals surface area contributed by atoms with Crippen LogP contribution >= 0.6 is 0 Å². The SMILES string of the molecule is CC(C)[C@@H]1C[C@@H]([Si](C)(C)C)[C@]2(C)CCC3(C[C@@]24O[C@@H]14)OCCO3. The van der Waals surface area contributed by atoms with Gasteiger partial charge in [-0.1, -0.05) is 40.4 Å². The van der Waals surface area contributed by atoms with Crippen LogP contribution in [0.5, 0.6) is 0 Å². The molecule has 0 amide bonds. The lowest BCUT2D eigenvalue weighted by atomic mass is 9.55. The second kappa shape index (κ2) is 4.84. The molecule has 0 radical (unpaired) electrons. The summed E-state index contributed by atoms with van der Waals surface area (Å²) in [6.45, 7) is 16.5. The minimum Gasteiger partial charge on any atom is -0.365 e. The van der Waals surface area contributed by atoms with Crippen LogP contribution in [0.1, 0.15) is 46.5 Å². The second-order valence-electron chi connectivity index (χ2n) is 10.2. The molecular formula is C19H34O3Si. The highest BCUT2D eigenvalue weighted by Crippen LogP contribution is 2.73. The molecule has 0 aromatic heterocycles. The van der Waals surface area contributed by atoms with Crippen LogP contribution in [0.3, 0.4) is 0 Å². The van der Waals surface area contributed by atoms with Crippen molar-refractivity contribution in [1.82, 2.24) is 0 Å². The van der Waals surface area contributed by atoms with Gasteiger partial charge in [0.2, 0.25) is 0 Å². The molecule has 2 saturated heterocycles. The van der Waals surface area contributed by atoms with Gasteiger partial charge in [-0.05, 0) is 30.2 Å². The molecule has 4 heteroatoms. The van der Waals surface area contributed by atoms with Gasteiger partial charge < -0.3 is 14.2 Å². The molecule has 0 aromatic rings. The first-order valence-electron chi connectivity index (χ1n) is 9.59. The van der Waals surface area contributed by atoms with Crippen LogP contribution in [0, 0.1) is 17.3 Å². The van der Waals surface area contributed by atoms with E-state index < -0.39 is 8.07 Å². The summed E-state index contributed by atoms with van der Waals surface area (Å²) in [4.78, 5) is 0. The smallest absolute Gasteiger partial charge is 0.171 e. The van der Waals surface area contributed by atoms with E-state index in [9.17, 15) is 0 Å². The van der Waals surface area contributed by atoms with Crippen molar-refractivity contribution in [3.8, 4) is 0 Å². The minimum atomic E-state index is -1.26. The topological polar surface area (TPSA) is 31.0 Å². The highest BCUT2D eigenvalue weighted by Gasteiger charge is 2.78. The standard InChI is InChI=1S/C19H34O3Si/c1-13(2)14-11-15(23(4,5)6)17(3)7-8-18(20-9-10-21-18)12-19(17)16(14)22-19/h13-16H,7-12H2,1-6H3/t14-,15+,16-,17-,19-/m0/s1. The van der Waals surface area contributed by atoms with Crippen molar-refractivity contribution in [2.24, 2.45) is 17.3 Å². The van der Waals surface area contributed by atoms with Crippen molar-refractivity contribution in [3.05, 3.63) is 0 Å². The van der Waals surface area contributed by atoms with E-state index in [4.69, 9.17) is 14.2 Å². The fourth-order valence-electron chi connectivity index (χ4n) is 6.38. The van der Waals surface area contributed by atoms with E-state index >= 15 is 0 Å². The maximum atomic E-state index is 6.62. The second-order valence-corrected chi connectivity index (χ2v) is 15.6. The zero-order chi connectivity index (χ0) is 16.7. The highest BCUT2D eigenvalue weighted by molar-refractivity contribution is 6.77. The zero-order valence-corrected chi connectivity index (χ0v) is 16.8. The lowest BCUT2D eigenvalue weighted by molar-refractivity contribution is -0.212. The first-order chi connectivity index (χ1) is 10.6. The number of ether oxygens (including phenoxy) is 3. The van der Waals surface area contributed by atoms with E-state index in [-0.39, 0.29) is 11.4 Å². The zero-order valence-electron chi connectivity index (χ0n) is 15.8. The molecule has 132 valence electrons. The summed E-state index contributed by atoms with van der Waals surface area (Å²) < 4.78 is 18.8. The van der Waals surface area contributed by atoms with Crippen molar-refractivity contribution in [2.75, 3.05) is 13.2 Å². The summed E-state index contributed by atoms with van der Waals surface area (Å²) in [6, 6.07) is 0. The Kier molecular flexibility index (Phi) is 3.48. The Hall–Kier alpha value is 0.0969. The quantitative estimate of drug-likeness (QED) is 0.551. The van der Waals surface area contributed by atoms with E-state index in [1.807, 2.05) is 0 Å². The Balaban J connectivity index is 1.72. The van der Waals surface area contributed by atoms with Crippen LogP contribution < -0.4 is 0 Å². The molecule has 3 nitrogen and oxygen atoms in total. The van der Waals surface area contributed by atoms with Crippen LogP contribution in [0.15, 0.2) is 0 Å². The number of rotatable bonds is 2. The van der Waals surface area contributed by atoms with Gasteiger partial charge in [0.15, 0.2) is 5.79 Å². The average Bonchev–Trinajstić information content (AvgIpc) is 2.97. The Morgan fingerprint density at radius 3 is 2.26 bits per heavy atom. The fraction of sp³-hybridized carbons (Fsp3) is 1.00. The first kappa shape index (κ1) is 16.6. The molecule has 0 bridgehead atoms. The number of hydrogen-bond acceptors (Lipinski definition) is 3. The normalized spacial score (nSPS) is 48.4. The maximum absolute atomic E-state index is 6.62. The molecule has 2 spiro atoms. The molecule has 0 unspecified atom stereocenters. The predicted molar refractivity (Wildman–Crippen MR) is 94.2 cm³/mol. The van der Waals surface area contributed by atoms with Gasteiger partial charge in [0, 0.05) is 26.3 Å². The van der Waals surface area contributed by atoms with Gasteiger partial charge in [-0.15, -0.1) is 0 Å². The van der Waals surface area contributed by atoms with Gasteiger partial charge in [0.25, 0.3) is 0 Å². The summed E-state index contributed by atoms with van der Waals surface area (Å²) in [5, 5.41) is 0. The maximum Gasteiger partial charge on any atom is 0.171 e. The van der Waals surface area contributed by atoms with Gasteiger partial charge in [-0.2, -0.15) is 0 Å². The third-order valence-corrected chi connectivity index (χ3v) is 10.6. The minimum absolute atomic E-state index is 0.0216. The molecule has 0 N–H and O–H groups in total. The van der Waals surface area contributed by atoms with Crippen molar-refractivity contribution in [2.45, 2.75) is 89.1 Å². The van der Waals surface area contributed by atoms with Gasteiger partial charge in [0.05, 0.1) is 19.3 Å². The van der Waals surface area contributed by atoms with E-state index in [0.717, 1.165) is 31.6 Å². The summed E-state index contributed by atoms with van der Waals surface area (Å²) in [7, 11) is -1.26. The summed E-state index contributed by atoms with van der Waals surface area (Å²) in [5.74, 6) is 1.07. The molecule has 4 rings (SSSR count).